The van der Waals surface area contributed by atoms with Crippen molar-refractivity contribution in [3.8, 4) is 0 Å². The Morgan fingerprint density at radius 3 is 2.00 bits per heavy atom. The summed E-state index contributed by atoms with van der Waals surface area (Å²) < 4.78 is 26.3. The van der Waals surface area contributed by atoms with E-state index >= 15 is 0 Å². The summed E-state index contributed by atoms with van der Waals surface area (Å²) in [6.45, 7) is 2.24. The molecule has 0 amide bonds. The van der Waals surface area contributed by atoms with Crippen molar-refractivity contribution in [2.75, 3.05) is 6.26 Å². The zero-order valence-electron chi connectivity index (χ0n) is 18.0. The van der Waals surface area contributed by atoms with Gasteiger partial charge in [-0.3, -0.25) is 0 Å². The van der Waals surface area contributed by atoms with E-state index in [-0.39, 0.29) is 5.25 Å². The number of benzene rings is 2. The summed E-state index contributed by atoms with van der Waals surface area (Å²) >= 11 is 0. The van der Waals surface area contributed by atoms with Gasteiger partial charge < -0.3 is 0 Å². The zero-order chi connectivity index (χ0) is 21.2. The van der Waals surface area contributed by atoms with Crippen LogP contribution in [0.3, 0.4) is 0 Å². The van der Waals surface area contributed by atoms with Gasteiger partial charge in [-0.1, -0.05) is 62.6 Å². The number of hydrogen-bond donors (Lipinski definition) is 0. The molecule has 2 aliphatic rings. The summed E-state index contributed by atoms with van der Waals surface area (Å²) in [7, 11) is -4.67. The highest BCUT2D eigenvalue weighted by molar-refractivity contribution is 8.36. The Morgan fingerprint density at radius 2 is 1.40 bits per heavy atom. The lowest BCUT2D eigenvalue weighted by molar-refractivity contribution is 0.483. The molecule has 2 aromatic rings. The summed E-state index contributed by atoms with van der Waals surface area (Å²) in [4.78, 5) is 4.35. The maximum absolute atomic E-state index is 13.1. The normalized spacial score (nSPS) is 23.4. The maximum atomic E-state index is 13.1. The molecule has 0 aliphatic heterocycles. The first-order valence-electron chi connectivity index (χ1n) is 11.0. The van der Waals surface area contributed by atoms with Crippen LogP contribution < -0.4 is 0 Å². The molecule has 2 aromatic carbocycles. The molecule has 30 heavy (non-hydrogen) atoms. The third-order valence-corrected chi connectivity index (χ3v) is 12.5. The molecule has 2 aliphatic carbocycles. The highest BCUT2D eigenvalue weighted by atomic mass is 32.3. The van der Waals surface area contributed by atoms with Crippen LogP contribution in [0.25, 0.3) is 0 Å². The highest BCUT2D eigenvalue weighted by Gasteiger charge is 2.31. The van der Waals surface area contributed by atoms with Crippen LogP contribution in [0.4, 0.5) is 0 Å². The van der Waals surface area contributed by atoms with Crippen LogP contribution in [-0.4, -0.2) is 19.9 Å². The van der Waals surface area contributed by atoms with Gasteiger partial charge in [0.05, 0.1) is 10.1 Å². The van der Waals surface area contributed by atoms with Crippen LogP contribution in [0.1, 0.15) is 45.4 Å². The Labute approximate surface area is 183 Å². The van der Waals surface area contributed by atoms with Gasteiger partial charge in [0.2, 0.25) is 0 Å². The lowest BCUT2D eigenvalue weighted by Gasteiger charge is -2.39. The summed E-state index contributed by atoms with van der Waals surface area (Å²) in [5.74, 6) is 0.566. The van der Waals surface area contributed by atoms with E-state index in [0.29, 0.717) is 10.8 Å². The quantitative estimate of drug-likeness (QED) is 0.496. The Hall–Kier alpha value is -1.78. The van der Waals surface area contributed by atoms with E-state index in [0.717, 1.165) is 38.5 Å². The van der Waals surface area contributed by atoms with Crippen molar-refractivity contribution in [2.24, 2.45) is 5.92 Å². The molecular weight excluding hydrogens is 408 g/mol. The zero-order valence-corrected chi connectivity index (χ0v) is 19.6. The summed E-state index contributed by atoms with van der Waals surface area (Å²) in [5, 5.41) is -0.213. The van der Waals surface area contributed by atoms with Gasteiger partial charge in [0.1, 0.15) is 0 Å². The monoisotopic (exact) mass is 440 g/mol. The standard InChI is InChI=1S/C26H32O2S2/c1-21-13-15-23(16-14-21)29(2,22-9-5-3-6-10-22)24-17-19-26(20-18-24)30(27,28)25-11-7-4-8-12-25/h3,5-6,9-10,13,15-21,25H,4,7-8,11-12,14H2,1-2H3. The topological polar surface area (TPSA) is 34.1 Å². The molecule has 2 nitrogen and oxygen atoms in total. The molecule has 0 bridgehead atoms. The van der Waals surface area contributed by atoms with Crippen molar-refractivity contribution < 1.29 is 8.42 Å². The van der Waals surface area contributed by atoms with Crippen molar-refractivity contribution >= 4 is 19.9 Å². The molecule has 0 N–H and O–H groups in total. The highest BCUT2D eigenvalue weighted by Crippen LogP contribution is 2.66. The molecule has 0 saturated heterocycles. The fourth-order valence-electron chi connectivity index (χ4n) is 4.58. The second kappa shape index (κ2) is 8.76. The van der Waals surface area contributed by atoms with E-state index in [1.807, 2.05) is 12.1 Å². The SMILES string of the molecule is CC1C=CC(S(C)(c2ccccc2)c2ccc(S(=O)(=O)C3CCCCC3)cc2)=CC1. The largest absolute Gasteiger partial charge is 0.223 e. The molecule has 0 aromatic heterocycles. The van der Waals surface area contributed by atoms with Crippen molar-refractivity contribution in [2.45, 2.75) is 65.4 Å². The molecule has 0 spiro atoms. The van der Waals surface area contributed by atoms with E-state index < -0.39 is 19.9 Å². The van der Waals surface area contributed by atoms with E-state index in [9.17, 15) is 8.42 Å². The molecule has 2 atom stereocenters. The van der Waals surface area contributed by atoms with Crippen molar-refractivity contribution in [1.82, 2.24) is 0 Å². The van der Waals surface area contributed by atoms with Gasteiger partial charge in [-0.15, -0.1) is 0 Å². The molecule has 1 saturated carbocycles. The molecule has 1 fully saturated rings. The first kappa shape index (κ1) is 21.5. The predicted octanol–water partition coefficient (Wildman–Crippen LogP) is 7.13. The van der Waals surface area contributed by atoms with Crippen LogP contribution in [0.2, 0.25) is 0 Å². The van der Waals surface area contributed by atoms with Crippen LogP contribution >= 0.6 is 10.0 Å². The number of sulfone groups is 1. The van der Waals surface area contributed by atoms with E-state index in [4.69, 9.17) is 0 Å². The fraction of sp³-hybridized carbons (Fsp3) is 0.385. The summed E-state index contributed by atoms with van der Waals surface area (Å²) in [6, 6.07) is 18.5. The van der Waals surface area contributed by atoms with Gasteiger partial charge >= 0.3 is 0 Å². The number of rotatable bonds is 5. The number of hydrogen-bond acceptors (Lipinski definition) is 2. The first-order chi connectivity index (χ1) is 14.4. The van der Waals surface area contributed by atoms with Crippen molar-refractivity contribution in [1.29, 1.82) is 0 Å². The van der Waals surface area contributed by atoms with Crippen LogP contribution in [0.5, 0.6) is 0 Å². The lowest BCUT2D eigenvalue weighted by Crippen LogP contribution is -2.24. The summed E-state index contributed by atoms with van der Waals surface area (Å²) in [6.07, 6.45) is 15.1. The molecular formula is C26H32O2S2. The predicted molar refractivity (Wildman–Crippen MR) is 128 cm³/mol. The Morgan fingerprint density at radius 1 is 0.800 bits per heavy atom. The van der Waals surface area contributed by atoms with E-state index in [2.05, 4.69) is 73.9 Å². The first-order valence-corrected chi connectivity index (χ1v) is 14.6. The van der Waals surface area contributed by atoms with Gasteiger partial charge in [0.25, 0.3) is 0 Å². The van der Waals surface area contributed by atoms with Crippen LogP contribution in [0.15, 0.2) is 92.4 Å². The van der Waals surface area contributed by atoms with Gasteiger partial charge in [0, 0.05) is 0 Å². The van der Waals surface area contributed by atoms with Gasteiger partial charge in [-0.25, -0.2) is 8.42 Å². The minimum atomic E-state index is -3.24. The Balaban J connectivity index is 1.73. The third-order valence-electron chi connectivity index (χ3n) is 6.58. The van der Waals surface area contributed by atoms with Crippen molar-refractivity contribution in [3.63, 3.8) is 0 Å². The minimum absolute atomic E-state index is 0.213. The molecule has 0 radical (unpaired) electrons. The molecule has 0 heterocycles. The van der Waals surface area contributed by atoms with Gasteiger partial charge in [-0.05, 0) is 82.5 Å². The molecule has 4 heteroatoms. The number of allylic oxidation sites excluding steroid dienone is 3. The Kier molecular flexibility index (Phi) is 6.26. The van der Waals surface area contributed by atoms with E-state index in [1.165, 1.54) is 14.7 Å². The average molecular weight is 441 g/mol. The van der Waals surface area contributed by atoms with Crippen molar-refractivity contribution in [3.05, 3.63) is 77.7 Å². The second-order valence-corrected chi connectivity index (χ2v) is 14.2. The van der Waals surface area contributed by atoms with E-state index in [1.54, 1.807) is 0 Å². The van der Waals surface area contributed by atoms with Crippen LogP contribution in [-0.2, 0) is 9.84 Å². The minimum Gasteiger partial charge on any atom is -0.223 e. The molecule has 4 rings (SSSR count). The lowest BCUT2D eigenvalue weighted by atomic mass is 10.0. The molecule has 160 valence electrons. The smallest absolute Gasteiger partial charge is 0.181 e. The fourth-order valence-corrected chi connectivity index (χ4v) is 9.41. The second-order valence-electron chi connectivity index (χ2n) is 8.69. The van der Waals surface area contributed by atoms with Gasteiger partial charge in [0.15, 0.2) is 9.84 Å². The maximum Gasteiger partial charge on any atom is 0.181 e. The summed E-state index contributed by atoms with van der Waals surface area (Å²) in [5.41, 5.74) is 0. The Bertz CT molecular complexity index is 1030. The average Bonchev–Trinajstić information content (AvgIpc) is 2.80. The molecule has 2 unspecified atom stereocenters. The third kappa shape index (κ3) is 4.04. The van der Waals surface area contributed by atoms with Crippen LogP contribution in [0, 0.1) is 5.92 Å². The van der Waals surface area contributed by atoms with Gasteiger partial charge in [-0.2, -0.15) is 10.0 Å².